The van der Waals surface area contributed by atoms with Gasteiger partial charge in [0, 0.05) is 24.0 Å². The lowest BCUT2D eigenvalue weighted by atomic mass is 9.48. The van der Waals surface area contributed by atoms with E-state index in [1.54, 1.807) is 11.8 Å². The van der Waals surface area contributed by atoms with Crippen molar-refractivity contribution >= 4 is 17.7 Å². The minimum atomic E-state index is -0.776. The zero-order valence-corrected chi connectivity index (χ0v) is 13.2. The zero-order valence-electron chi connectivity index (χ0n) is 12.4. The summed E-state index contributed by atoms with van der Waals surface area (Å²) in [5.74, 6) is 1.23. The molecule has 4 unspecified atom stereocenters. The minimum Gasteiger partial charge on any atom is -0.377 e. The van der Waals surface area contributed by atoms with Gasteiger partial charge in [-0.15, -0.1) is 0 Å². The van der Waals surface area contributed by atoms with Gasteiger partial charge < -0.3 is 15.8 Å². The Labute approximate surface area is 120 Å². The summed E-state index contributed by atoms with van der Waals surface area (Å²) < 4.78 is 5.72. The SMILES string of the molecule is CSCCC(C)NC(=O)C1(N)C2CCOC2C1(C)C. The van der Waals surface area contributed by atoms with E-state index in [9.17, 15) is 4.79 Å². The molecule has 1 aliphatic heterocycles. The molecule has 0 aromatic carbocycles. The van der Waals surface area contributed by atoms with Crippen molar-refractivity contribution in [2.45, 2.75) is 51.3 Å². The number of hydrogen-bond donors (Lipinski definition) is 2. The highest BCUT2D eigenvalue weighted by atomic mass is 32.2. The predicted molar refractivity (Wildman–Crippen MR) is 79.2 cm³/mol. The van der Waals surface area contributed by atoms with Crippen LogP contribution in [0.4, 0.5) is 0 Å². The van der Waals surface area contributed by atoms with E-state index in [4.69, 9.17) is 10.5 Å². The van der Waals surface area contributed by atoms with Gasteiger partial charge in [0.2, 0.25) is 5.91 Å². The highest BCUT2D eigenvalue weighted by Gasteiger charge is 2.71. The first-order valence-electron chi connectivity index (χ1n) is 7.06. The van der Waals surface area contributed by atoms with Crippen LogP contribution in [0.3, 0.4) is 0 Å². The standard InChI is InChI=1S/C14H26N2O2S/c1-9(6-8-19-4)16-12(17)14(15)10-5-7-18-11(10)13(14,2)3/h9-11H,5-8,15H2,1-4H3,(H,16,17). The molecular weight excluding hydrogens is 260 g/mol. The lowest BCUT2D eigenvalue weighted by Gasteiger charge is -2.60. The van der Waals surface area contributed by atoms with Crippen molar-refractivity contribution in [3.8, 4) is 0 Å². The quantitative estimate of drug-likeness (QED) is 0.801. The molecule has 4 atom stereocenters. The molecule has 4 nitrogen and oxygen atoms in total. The van der Waals surface area contributed by atoms with Crippen molar-refractivity contribution in [2.75, 3.05) is 18.6 Å². The van der Waals surface area contributed by atoms with Gasteiger partial charge in [-0.05, 0) is 31.8 Å². The Morgan fingerprint density at radius 3 is 2.89 bits per heavy atom. The molecule has 0 bridgehead atoms. The van der Waals surface area contributed by atoms with Gasteiger partial charge in [-0.2, -0.15) is 11.8 Å². The zero-order chi connectivity index (χ0) is 14.3. The molecule has 0 aromatic heterocycles. The van der Waals surface area contributed by atoms with Gasteiger partial charge in [0.15, 0.2) is 0 Å². The Hall–Kier alpha value is -0.260. The average Bonchev–Trinajstić information content (AvgIpc) is 2.83. The highest BCUT2D eigenvalue weighted by molar-refractivity contribution is 7.98. The molecule has 0 aromatic rings. The van der Waals surface area contributed by atoms with Gasteiger partial charge in [0.25, 0.3) is 0 Å². The first-order valence-corrected chi connectivity index (χ1v) is 8.45. The van der Waals surface area contributed by atoms with E-state index < -0.39 is 5.54 Å². The van der Waals surface area contributed by atoms with Crippen LogP contribution in [0.25, 0.3) is 0 Å². The third-order valence-electron chi connectivity index (χ3n) is 4.96. The molecule has 1 saturated heterocycles. The molecule has 3 N–H and O–H groups in total. The lowest BCUT2D eigenvalue weighted by molar-refractivity contribution is -0.175. The molecule has 0 radical (unpaired) electrons. The van der Waals surface area contributed by atoms with Crippen LogP contribution in [-0.4, -0.2) is 42.2 Å². The van der Waals surface area contributed by atoms with Crippen molar-refractivity contribution in [3.05, 3.63) is 0 Å². The second kappa shape index (κ2) is 5.26. The van der Waals surface area contributed by atoms with Gasteiger partial charge >= 0.3 is 0 Å². The maximum absolute atomic E-state index is 12.6. The third-order valence-corrected chi connectivity index (χ3v) is 5.61. The number of amides is 1. The molecular formula is C14H26N2O2S. The minimum absolute atomic E-state index is 0.00199. The molecule has 1 aliphatic carbocycles. The molecule has 2 aliphatic rings. The number of fused-ring (bicyclic) bond motifs is 1. The topological polar surface area (TPSA) is 64.4 Å². The van der Waals surface area contributed by atoms with E-state index in [1.807, 2.05) is 20.8 Å². The first-order chi connectivity index (χ1) is 8.85. The molecule has 110 valence electrons. The van der Waals surface area contributed by atoms with E-state index in [0.29, 0.717) is 0 Å². The Morgan fingerprint density at radius 1 is 1.58 bits per heavy atom. The lowest BCUT2D eigenvalue weighted by Crippen LogP contribution is -2.80. The van der Waals surface area contributed by atoms with Crippen molar-refractivity contribution in [3.63, 3.8) is 0 Å². The van der Waals surface area contributed by atoms with Crippen molar-refractivity contribution in [1.29, 1.82) is 0 Å². The summed E-state index contributed by atoms with van der Waals surface area (Å²) in [6.45, 7) is 6.87. The van der Waals surface area contributed by atoms with Crippen molar-refractivity contribution < 1.29 is 9.53 Å². The van der Waals surface area contributed by atoms with E-state index in [1.165, 1.54) is 0 Å². The number of thioether (sulfide) groups is 1. The number of ether oxygens (including phenoxy) is 1. The predicted octanol–water partition coefficient (Wildman–Crippen LogP) is 1.39. The number of nitrogens with two attached hydrogens (primary N) is 1. The number of carbonyl (C=O) groups is 1. The van der Waals surface area contributed by atoms with E-state index in [0.717, 1.165) is 25.2 Å². The summed E-state index contributed by atoms with van der Waals surface area (Å²) in [6.07, 6.45) is 4.10. The summed E-state index contributed by atoms with van der Waals surface area (Å²) in [7, 11) is 0. The van der Waals surface area contributed by atoms with Crippen LogP contribution in [0, 0.1) is 11.3 Å². The van der Waals surface area contributed by atoms with E-state index in [-0.39, 0.29) is 29.4 Å². The number of rotatable bonds is 5. The molecule has 19 heavy (non-hydrogen) atoms. The molecule has 0 spiro atoms. The Balaban J connectivity index is 2.01. The summed E-state index contributed by atoms with van der Waals surface area (Å²) in [5, 5.41) is 3.09. The van der Waals surface area contributed by atoms with Crippen molar-refractivity contribution in [2.24, 2.45) is 17.1 Å². The van der Waals surface area contributed by atoms with E-state index in [2.05, 4.69) is 11.6 Å². The fourth-order valence-corrected chi connectivity index (χ4v) is 4.14. The number of carbonyl (C=O) groups excluding carboxylic acids is 1. The molecule has 2 fully saturated rings. The Morgan fingerprint density at radius 2 is 2.26 bits per heavy atom. The van der Waals surface area contributed by atoms with Crippen LogP contribution in [0.1, 0.15) is 33.6 Å². The molecule has 1 saturated carbocycles. The second-order valence-electron chi connectivity index (χ2n) is 6.43. The van der Waals surface area contributed by atoms with Crippen LogP contribution >= 0.6 is 11.8 Å². The normalized spacial score (nSPS) is 37.3. The Kier molecular flexibility index (Phi) is 4.19. The van der Waals surface area contributed by atoms with Gasteiger partial charge in [0.05, 0.1) is 6.10 Å². The number of nitrogens with one attached hydrogen (secondary N) is 1. The van der Waals surface area contributed by atoms with Crippen LogP contribution < -0.4 is 11.1 Å². The molecule has 5 heteroatoms. The number of hydrogen-bond acceptors (Lipinski definition) is 4. The van der Waals surface area contributed by atoms with Crippen molar-refractivity contribution in [1.82, 2.24) is 5.32 Å². The largest absolute Gasteiger partial charge is 0.377 e. The molecule has 1 heterocycles. The summed E-state index contributed by atoms with van der Waals surface area (Å²) in [4.78, 5) is 12.6. The van der Waals surface area contributed by atoms with Gasteiger partial charge in [-0.25, -0.2) is 0 Å². The second-order valence-corrected chi connectivity index (χ2v) is 7.42. The van der Waals surface area contributed by atoms with Crippen LogP contribution in [-0.2, 0) is 9.53 Å². The average molecular weight is 286 g/mol. The maximum Gasteiger partial charge on any atom is 0.241 e. The van der Waals surface area contributed by atoms with Gasteiger partial charge in [0.1, 0.15) is 5.54 Å². The third kappa shape index (κ3) is 2.20. The van der Waals surface area contributed by atoms with Crippen LogP contribution in [0.5, 0.6) is 0 Å². The fraction of sp³-hybridized carbons (Fsp3) is 0.929. The first kappa shape index (κ1) is 15.1. The van der Waals surface area contributed by atoms with Crippen LogP contribution in [0.2, 0.25) is 0 Å². The van der Waals surface area contributed by atoms with Gasteiger partial charge in [-0.1, -0.05) is 13.8 Å². The van der Waals surface area contributed by atoms with E-state index >= 15 is 0 Å². The highest BCUT2D eigenvalue weighted by Crippen LogP contribution is 2.58. The summed E-state index contributed by atoms with van der Waals surface area (Å²) >= 11 is 1.80. The monoisotopic (exact) mass is 286 g/mol. The fourth-order valence-electron chi connectivity index (χ4n) is 3.56. The smallest absolute Gasteiger partial charge is 0.241 e. The Bertz CT molecular complexity index is 361. The molecule has 2 rings (SSSR count). The van der Waals surface area contributed by atoms with Crippen LogP contribution in [0.15, 0.2) is 0 Å². The maximum atomic E-state index is 12.6. The summed E-state index contributed by atoms with van der Waals surface area (Å²) in [5.41, 5.74) is 5.43. The summed E-state index contributed by atoms with van der Waals surface area (Å²) in [6, 6.07) is 0.178. The molecule has 1 amide bonds. The van der Waals surface area contributed by atoms with Gasteiger partial charge in [-0.3, -0.25) is 4.79 Å².